The molecule has 1 spiro atoms. The second-order valence-electron chi connectivity index (χ2n) is 9.21. The van der Waals surface area contributed by atoms with E-state index in [1.807, 2.05) is 6.20 Å². The molecule has 32 heavy (non-hydrogen) atoms. The van der Waals surface area contributed by atoms with E-state index in [-0.39, 0.29) is 5.95 Å². The van der Waals surface area contributed by atoms with Gasteiger partial charge in [-0.15, -0.1) is 0 Å². The number of methoxy groups -OCH3 is 1. The number of aromatic nitrogens is 5. The Morgan fingerprint density at radius 3 is 2.59 bits per heavy atom. The summed E-state index contributed by atoms with van der Waals surface area (Å²) in [7, 11) is 1.67. The van der Waals surface area contributed by atoms with Gasteiger partial charge in [-0.25, -0.2) is 4.98 Å². The molecule has 0 saturated carbocycles. The van der Waals surface area contributed by atoms with Crippen LogP contribution < -0.4 is 16.2 Å². The molecular formula is C23H30N8O. The number of rotatable bonds is 5. The van der Waals surface area contributed by atoms with Crippen LogP contribution in [0.2, 0.25) is 0 Å². The SMILES string of the molecule is COc1cc(C2=CC3(CCN(C(C)C)CC3)C2)cnc1Cn1ncc2nc(N)nc(N)c21. The minimum Gasteiger partial charge on any atom is -0.495 e. The number of pyridine rings is 1. The van der Waals surface area contributed by atoms with Gasteiger partial charge in [0.1, 0.15) is 22.5 Å². The zero-order valence-electron chi connectivity index (χ0n) is 18.9. The first-order chi connectivity index (χ1) is 15.4. The van der Waals surface area contributed by atoms with Gasteiger partial charge in [-0.3, -0.25) is 9.67 Å². The lowest BCUT2D eigenvalue weighted by molar-refractivity contribution is 0.108. The minimum absolute atomic E-state index is 0.135. The summed E-state index contributed by atoms with van der Waals surface area (Å²) < 4.78 is 7.40. The number of likely N-dealkylation sites (tertiary alicyclic amines) is 1. The molecule has 1 saturated heterocycles. The van der Waals surface area contributed by atoms with Crippen LogP contribution in [-0.2, 0) is 6.54 Å². The molecule has 4 heterocycles. The third-order valence-electron chi connectivity index (χ3n) is 6.90. The number of allylic oxidation sites excluding steroid dienone is 2. The molecule has 1 aliphatic carbocycles. The minimum atomic E-state index is 0.135. The van der Waals surface area contributed by atoms with Gasteiger partial charge < -0.3 is 21.1 Å². The van der Waals surface area contributed by atoms with Crippen molar-refractivity contribution in [2.45, 2.75) is 45.7 Å². The van der Waals surface area contributed by atoms with Crippen LogP contribution in [0.25, 0.3) is 16.6 Å². The van der Waals surface area contributed by atoms with E-state index in [9.17, 15) is 0 Å². The monoisotopic (exact) mass is 434 g/mol. The van der Waals surface area contributed by atoms with Gasteiger partial charge in [-0.1, -0.05) is 6.08 Å². The Balaban J connectivity index is 1.36. The Morgan fingerprint density at radius 2 is 1.91 bits per heavy atom. The third kappa shape index (κ3) is 3.56. The maximum Gasteiger partial charge on any atom is 0.222 e. The number of anilines is 2. The van der Waals surface area contributed by atoms with Crippen LogP contribution in [0.1, 0.15) is 44.4 Å². The standard InChI is InChI=1S/C23H30N8O/c1-14(2)30-6-4-23(5-7-30)9-16(10-23)15-8-19(32-3)18(26-11-15)13-31-20-17(12-27-31)28-22(25)29-21(20)24/h8-9,11-12,14H,4-7,10,13H2,1-3H3,(H4,24,25,28,29). The van der Waals surface area contributed by atoms with Gasteiger partial charge in [0.25, 0.3) is 0 Å². The quantitative estimate of drug-likeness (QED) is 0.629. The molecule has 0 amide bonds. The van der Waals surface area contributed by atoms with Crippen molar-refractivity contribution in [3.63, 3.8) is 0 Å². The van der Waals surface area contributed by atoms with E-state index < -0.39 is 0 Å². The van der Waals surface area contributed by atoms with Gasteiger partial charge in [-0.05, 0) is 68.8 Å². The van der Waals surface area contributed by atoms with E-state index in [4.69, 9.17) is 21.2 Å². The first-order valence-corrected chi connectivity index (χ1v) is 11.1. The zero-order chi connectivity index (χ0) is 22.5. The molecule has 0 unspecified atom stereocenters. The normalized spacial score (nSPS) is 18.2. The lowest BCUT2D eigenvalue weighted by Crippen LogP contribution is -2.44. The lowest BCUT2D eigenvalue weighted by atomic mass is 9.64. The van der Waals surface area contributed by atoms with Crippen molar-refractivity contribution in [1.82, 2.24) is 29.6 Å². The Bertz CT molecular complexity index is 1190. The van der Waals surface area contributed by atoms with Crippen LogP contribution in [0.3, 0.4) is 0 Å². The summed E-state index contributed by atoms with van der Waals surface area (Å²) in [5.41, 5.74) is 16.6. The highest BCUT2D eigenvalue weighted by Crippen LogP contribution is 2.51. The molecule has 9 heteroatoms. The lowest BCUT2D eigenvalue weighted by Gasteiger charge is -2.47. The molecule has 0 atom stereocenters. The van der Waals surface area contributed by atoms with Crippen LogP contribution in [0, 0.1) is 5.41 Å². The first kappa shape index (κ1) is 20.7. The van der Waals surface area contributed by atoms with E-state index in [1.54, 1.807) is 18.0 Å². The third-order valence-corrected chi connectivity index (χ3v) is 6.90. The molecule has 0 bridgehead atoms. The van der Waals surface area contributed by atoms with E-state index in [0.29, 0.717) is 34.9 Å². The summed E-state index contributed by atoms with van der Waals surface area (Å²) in [5.74, 6) is 1.17. The summed E-state index contributed by atoms with van der Waals surface area (Å²) in [6, 6.07) is 2.71. The Kier molecular flexibility index (Phi) is 5.00. The Hall–Kier alpha value is -3.20. The van der Waals surface area contributed by atoms with Crippen LogP contribution >= 0.6 is 0 Å². The van der Waals surface area contributed by atoms with Crippen molar-refractivity contribution in [2.24, 2.45) is 5.41 Å². The average molecular weight is 435 g/mol. The average Bonchev–Trinajstić information content (AvgIpc) is 3.15. The second-order valence-corrected chi connectivity index (χ2v) is 9.21. The number of nitrogen functional groups attached to an aromatic ring is 2. The number of hydrogen-bond donors (Lipinski definition) is 2. The molecule has 1 fully saturated rings. The van der Waals surface area contributed by atoms with E-state index in [0.717, 1.165) is 23.4 Å². The largest absolute Gasteiger partial charge is 0.495 e. The topological polar surface area (TPSA) is 121 Å². The van der Waals surface area contributed by atoms with Crippen molar-refractivity contribution >= 4 is 28.4 Å². The molecule has 0 radical (unpaired) electrons. The molecular weight excluding hydrogens is 404 g/mol. The summed E-state index contributed by atoms with van der Waals surface area (Å²) in [5, 5.41) is 4.40. The van der Waals surface area contributed by atoms with Gasteiger partial charge in [-0.2, -0.15) is 10.1 Å². The van der Waals surface area contributed by atoms with E-state index >= 15 is 0 Å². The highest BCUT2D eigenvalue weighted by molar-refractivity contribution is 5.85. The van der Waals surface area contributed by atoms with Crippen molar-refractivity contribution in [3.8, 4) is 5.75 Å². The Labute approximate surface area is 187 Å². The molecule has 3 aromatic heterocycles. The van der Waals surface area contributed by atoms with E-state index in [1.165, 1.54) is 31.5 Å². The molecule has 0 aromatic carbocycles. The molecule has 168 valence electrons. The maximum atomic E-state index is 6.05. The number of hydrogen-bond acceptors (Lipinski definition) is 8. The smallest absolute Gasteiger partial charge is 0.222 e. The van der Waals surface area contributed by atoms with Crippen LogP contribution in [0.4, 0.5) is 11.8 Å². The molecule has 9 nitrogen and oxygen atoms in total. The summed E-state index contributed by atoms with van der Waals surface area (Å²) >= 11 is 0. The van der Waals surface area contributed by atoms with Crippen molar-refractivity contribution in [3.05, 3.63) is 35.8 Å². The predicted octanol–water partition coefficient (Wildman–Crippen LogP) is 2.72. The molecule has 1 aliphatic heterocycles. The summed E-state index contributed by atoms with van der Waals surface area (Å²) in [6.45, 7) is 7.32. The van der Waals surface area contributed by atoms with Gasteiger partial charge in [0.05, 0.1) is 19.9 Å². The van der Waals surface area contributed by atoms with Crippen LogP contribution in [0.5, 0.6) is 5.75 Å². The zero-order valence-corrected chi connectivity index (χ0v) is 18.9. The van der Waals surface area contributed by atoms with Crippen molar-refractivity contribution in [1.29, 1.82) is 0 Å². The fourth-order valence-corrected chi connectivity index (χ4v) is 4.96. The second kappa shape index (κ2) is 7.74. The van der Waals surface area contributed by atoms with Crippen molar-refractivity contribution < 1.29 is 4.74 Å². The first-order valence-electron chi connectivity index (χ1n) is 11.1. The van der Waals surface area contributed by atoms with Gasteiger partial charge >= 0.3 is 0 Å². The maximum absolute atomic E-state index is 6.05. The van der Waals surface area contributed by atoms with Crippen LogP contribution in [-0.4, -0.2) is 55.9 Å². The van der Waals surface area contributed by atoms with Gasteiger partial charge in [0, 0.05) is 12.2 Å². The highest BCUT2D eigenvalue weighted by Gasteiger charge is 2.40. The molecule has 4 N–H and O–H groups in total. The molecule has 3 aromatic rings. The van der Waals surface area contributed by atoms with Crippen LogP contribution in [0.15, 0.2) is 24.5 Å². The highest BCUT2D eigenvalue weighted by atomic mass is 16.5. The predicted molar refractivity (Wildman–Crippen MR) is 125 cm³/mol. The van der Waals surface area contributed by atoms with Gasteiger partial charge in [0.15, 0.2) is 5.82 Å². The van der Waals surface area contributed by atoms with Crippen molar-refractivity contribution in [2.75, 3.05) is 31.7 Å². The number of ether oxygens (including phenoxy) is 1. The fraction of sp³-hybridized carbons (Fsp3) is 0.478. The number of piperidine rings is 1. The van der Waals surface area contributed by atoms with E-state index in [2.05, 4.69) is 46.0 Å². The molecule has 2 aliphatic rings. The number of nitrogens with two attached hydrogens (primary N) is 2. The number of nitrogens with zero attached hydrogens (tertiary/aromatic N) is 6. The summed E-state index contributed by atoms with van der Waals surface area (Å²) in [6.07, 6.45) is 9.61. The van der Waals surface area contributed by atoms with Gasteiger partial charge in [0.2, 0.25) is 5.95 Å². The molecule has 5 rings (SSSR count). The fourth-order valence-electron chi connectivity index (χ4n) is 4.96. The summed E-state index contributed by atoms with van der Waals surface area (Å²) in [4.78, 5) is 15.5. The number of fused-ring (bicyclic) bond motifs is 1. The Morgan fingerprint density at radius 1 is 1.16 bits per heavy atom.